The number of rotatable bonds is 2. The molecule has 2 atom stereocenters. The zero-order valence-electron chi connectivity index (χ0n) is 10.8. The molecule has 0 unspecified atom stereocenters. The lowest BCUT2D eigenvalue weighted by atomic mass is 10.1. The van der Waals surface area contributed by atoms with Crippen molar-refractivity contribution in [3.63, 3.8) is 0 Å². The summed E-state index contributed by atoms with van der Waals surface area (Å²) in [4.78, 5) is 9.78. The molecule has 0 N–H and O–H groups in total. The highest BCUT2D eigenvalue weighted by Gasteiger charge is 2.41. The molecule has 2 aliphatic rings. The van der Waals surface area contributed by atoms with E-state index in [2.05, 4.69) is 26.1 Å². The summed E-state index contributed by atoms with van der Waals surface area (Å²) in [5, 5.41) is 4.11. The molecule has 0 spiro atoms. The molecule has 1 saturated heterocycles. The van der Waals surface area contributed by atoms with Gasteiger partial charge in [0.05, 0.1) is 12.3 Å². The SMILES string of the molecule is CC1(C)OC[C@@H]([C@H]2CC(c3ccc(Br)cn3)=NO2)O1. The van der Waals surface area contributed by atoms with Gasteiger partial charge in [-0.25, -0.2) is 0 Å². The number of oxime groups is 1. The summed E-state index contributed by atoms with van der Waals surface area (Å²) >= 11 is 3.36. The molecule has 0 aromatic carbocycles. The van der Waals surface area contributed by atoms with E-state index in [1.807, 2.05) is 26.0 Å². The fraction of sp³-hybridized carbons (Fsp3) is 0.538. The van der Waals surface area contributed by atoms with Gasteiger partial charge in [-0.05, 0) is 41.9 Å². The first kappa shape index (κ1) is 13.0. The van der Waals surface area contributed by atoms with E-state index in [0.717, 1.165) is 15.9 Å². The Morgan fingerprint density at radius 2 is 2.16 bits per heavy atom. The Bertz CT molecular complexity index is 501. The van der Waals surface area contributed by atoms with Crippen molar-refractivity contribution in [2.75, 3.05) is 6.61 Å². The average Bonchev–Trinajstić information content (AvgIpc) is 2.96. The summed E-state index contributed by atoms with van der Waals surface area (Å²) in [6.07, 6.45) is 2.27. The molecule has 0 radical (unpaired) electrons. The standard InChI is InChI=1S/C13H15BrN2O3/c1-13(2)17-7-12(18-13)11-5-10(16-19-11)9-4-3-8(14)6-15-9/h3-4,6,11-12H,5,7H2,1-2H3/t11-,12+/m1/s1. The Hall–Kier alpha value is -0.980. The summed E-state index contributed by atoms with van der Waals surface area (Å²) in [6, 6.07) is 3.86. The van der Waals surface area contributed by atoms with Crippen LogP contribution in [0.2, 0.25) is 0 Å². The highest BCUT2D eigenvalue weighted by atomic mass is 79.9. The van der Waals surface area contributed by atoms with Crippen LogP contribution < -0.4 is 0 Å². The number of aromatic nitrogens is 1. The summed E-state index contributed by atoms with van der Waals surface area (Å²) < 4.78 is 12.3. The topological polar surface area (TPSA) is 52.9 Å². The van der Waals surface area contributed by atoms with Crippen LogP contribution in [0.15, 0.2) is 28.0 Å². The van der Waals surface area contributed by atoms with Crippen LogP contribution in [0.1, 0.15) is 26.0 Å². The zero-order chi connectivity index (χ0) is 13.5. The minimum atomic E-state index is -0.535. The molecule has 2 aliphatic heterocycles. The third kappa shape index (κ3) is 2.80. The van der Waals surface area contributed by atoms with Gasteiger partial charge in [0.2, 0.25) is 0 Å². The van der Waals surface area contributed by atoms with Crippen LogP contribution in [0, 0.1) is 0 Å². The maximum atomic E-state index is 5.79. The lowest BCUT2D eigenvalue weighted by Gasteiger charge is -2.19. The summed E-state index contributed by atoms with van der Waals surface area (Å²) in [6.45, 7) is 4.34. The highest BCUT2D eigenvalue weighted by molar-refractivity contribution is 9.10. The van der Waals surface area contributed by atoms with Crippen molar-refractivity contribution in [2.24, 2.45) is 5.16 Å². The van der Waals surface area contributed by atoms with Crippen molar-refractivity contribution in [2.45, 2.75) is 38.3 Å². The van der Waals surface area contributed by atoms with Gasteiger partial charge < -0.3 is 14.3 Å². The van der Waals surface area contributed by atoms with E-state index in [9.17, 15) is 0 Å². The predicted molar refractivity (Wildman–Crippen MR) is 72.9 cm³/mol. The van der Waals surface area contributed by atoms with Crippen LogP contribution >= 0.6 is 15.9 Å². The van der Waals surface area contributed by atoms with E-state index < -0.39 is 5.79 Å². The minimum absolute atomic E-state index is 0.0771. The van der Waals surface area contributed by atoms with E-state index in [1.165, 1.54) is 0 Å². The zero-order valence-corrected chi connectivity index (χ0v) is 12.4. The first-order valence-electron chi connectivity index (χ1n) is 6.20. The summed E-state index contributed by atoms with van der Waals surface area (Å²) in [5.41, 5.74) is 1.69. The monoisotopic (exact) mass is 326 g/mol. The van der Waals surface area contributed by atoms with E-state index in [-0.39, 0.29) is 12.2 Å². The molecule has 1 fully saturated rings. The molecule has 0 amide bonds. The van der Waals surface area contributed by atoms with E-state index >= 15 is 0 Å². The number of ether oxygens (including phenoxy) is 2. The van der Waals surface area contributed by atoms with Crippen LogP contribution in [0.4, 0.5) is 0 Å². The molecule has 5 nitrogen and oxygen atoms in total. The van der Waals surface area contributed by atoms with Gasteiger partial charge >= 0.3 is 0 Å². The lowest BCUT2D eigenvalue weighted by molar-refractivity contribution is -0.153. The Morgan fingerprint density at radius 3 is 2.79 bits per heavy atom. The van der Waals surface area contributed by atoms with Gasteiger partial charge in [-0.1, -0.05) is 5.16 Å². The Kier molecular flexibility index (Phi) is 3.32. The van der Waals surface area contributed by atoms with Crippen molar-refractivity contribution in [1.82, 2.24) is 4.98 Å². The predicted octanol–water partition coefficient (Wildman–Crippen LogP) is 2.49. The minimum Gasteiger partial charge on any atom is -0.389 e. The lowest BCUT2D eigenvalue weighted by Crippen LogP contribution is -2.31. The molecule has 6 heteroatoms. The molecule has 3 heterocycles. The molecule has 102 valence electrons. The van der Waals surface area contributed by atoms with Crippen LogP contribution in [0.25, 0.3) is 0 Å². The number of nitrogens with zero attached hydrogens (tertiary/aromatic N) is 2. The van der Waals surface area contributed by atoms with Crippen LogP contribution in [-0.2, 0) is 14.3 Å². The molecule has 0 aliphatic carbocycles. The fourth-order valence-corrected chi connectivity index (χ4v) is 2.43. The molecule has 19 heavy (non-hydrogen) atoms. The van der Waals surface area contributed by atoms with Crippen molar-refractivity contribution in [3.8, 4) is 0 Å². The van der Waals surface area contributed by atoms with Crippen molar-refractivity contribution in [3.05, 3.63) is 28.5 Å². The third-order valence-electron chi connectivity index (χ3n) is 3.16. The molecular formula is C13H15BrN2O3. The second-order valence-electron chi connectivity index (χ2n) is 5.11. The van der Waals surface area contributed by atoms with Gasteiger partial charge in [0, 0.05) is 17.1 Å². The first-order chi connectivity index (χ1) is 9.03. The normalized spacial score (nSPS) is 29.1. The van der Waals surface area contributed by atoms with E-state index in [4.69, 9.17) is 14.3 Å². The summed E-state index contributed by atoms with van der Waals surface area (Å²) in [5.74, 6) is -0.535. The maximum Gasteiger partial charge on any atom is 0.163 e. The van der Waals surface area contributed by atoms with Crippen molar-refractivity contribution in [1.29, 1.82) is 0 Å². The van der Waals surface area contributed by atoms with Gasteiger partial charge in [0.1, 0.15) is 11.8 Å². The number of pyridine rings is 1. The van der Waals surface area contributed by atoms with Gasteiger partial charge in [0.15, 0.2) is 11.9 Å². The Morgan fingerprint density at radius 1 is 1.32 bits per heavy atom. The van der Waals surface area contributed by atoms with Crippen LogP contribution in [0.3, 0.4) is 0 Å². The van der Waals surface area contributed by atoms with Crippen molar-refractivity contribution < 1.29 is 14.3 Å². The molecule has 0 bridgehead atoms. The molecular weight excluding hydrogens is 312 g/mol. The van der Waals surface area contributed by atoms with Gasteiger partial charge in [-0.3, -0.25) is 4.98 Å². The number of hydrogen-bond donors (Lipinski definition) is 0. The van der Waals surface area contributed by atoms with Gasteiger partial charge in [0.25, 0.3) is 0 Å². The van der Waals surface area contributed by atoms with Crippen LogP contribution in [-0.4, -0.2) is 35.3 Å². The molecule has 1 aromatic rings. The second kappa shape index (κ2) is 4.85. The van der Waals surface area contributed by atoms with E-state index in [0.29, 0.717) is 13.0 Å². The van der Waals surface area contributed by atoms with Gasteiger partial charge in [-0.2, -0.15) is 0 Å². The van der Waals surface area contributed by atoms with Crippen LogP contribution in [0.5, 0.6) is 0 Å². The Labute approximate surface area is 120 Å². The second-order valence-corrected chi connectivity index (χ2v) is 6.03. The molecule has 1 aromatic heterocycles. The van der Waals surface area contributed by atoms with Crippen molar-refractivity contribution >= 4 is 21.6 Å². The largest absolute Gasteiger partial charge is 0.389 e. The quantitative estimate of drug-likeness (QED) is 0.837. The summed E-state index contributed by atoms with van der Waals surface area (Å²) in [7, 11) is 0. The fourth-order valence-electron chi connectivity index (χ4n) is 2.19. The molecule has 0 saturated carbocycles. The van der Waals surface area contributed by atoms with Gasteiger partial charge in [-0.15, -0.1) is 0 Å². The number of hydrogen-bond acceptors (Lipinski definition) is 5. The first-order valence-corrected chi connectivity index (χ1v) is 6.99. The maximum absolute atomic E-state index is 5.79. The third-order valence-corrected chi connectivity index (χ3v) is 3.63. The molecule has 3 rings (SSSR count). The number of halogens is 1. The van der Waals surface area contributed by atoms with E-state index in [1.54, 1.807) is 6.20 Å². The average molecular weight is 327 g/mol. The Balaban J connectivity index is 1.65. The smallest absolute Gasteiger partial charge is 0.163 e. The highest BCUT2D eigenvalue weighted by Crippen LogP contribution is 2.29.